The lowest BCUT2D eigenvalue weighted by molar-refractivity contribution is 0.0604. The van der Waals surface area contributed by atoms with Crippen LogP contribution < -0.4 is 16.0 Å². The molecule has 0 unspecified atom stereocenters. The van der Waals surface area contributed by atoms with Crippen LogP contribution in [0.3, 0.4) is 0 Å². The van der Waals surface area contributed by atoms with Crippen molar-refractivity contribution in [2.75, 3.05) is 25.0 Å². The van der Waals surface area contributed by atoms with Crippen LogP contribution in [-0.4, -0.2) is 68.4 Å². The van der Waals surface area contributed by atoms with Crippen molar-refractivity contribution in [3.05, 3.63) is 35.9 Å². The smallest absolute Gasteiger partial charge is 0.408 e. The van der Waals surface area contributed by atoms with Crippen molar-refractivity contribution in [3.8, 4) is 0 Å². The van der Waals surface area contributed by atoms with E-state index < -0.39 is 24.5 Å². The van der Waals surface area contributed by atoms with Gasteiger partial charge in [-0.05, 0) is 51.8 Å². The molecule has 1 saturated carbocycles. The second-order valence-electron chi connectivity index (χ2n) is 9.86. The fraction of sp³-hybridized carbons (Fsp3) is 0.565. The zero-order valence-corrected chi connectivity index (χ0v) is 19.5. The molecule has 1 amide bonds. The van der Waals surface area contributed by atoms with Gasteiger partial charge in [-0.3, -0.25) is 5.10 Å². The first-order chi connectivity index (χ1) is 17.0. The molecule has 3 aromatic heterocycles. The molecule has 0 bridgehead atoms. The van der Waals surface area contributed by atoms with Crippen molar-refractivity contribution in [3.63, 3.8) is 0 Å². The highest BCUT2D eigenvalue weighted by Gasteiger charge is 2.44. The molecule has 2 aliphatic heterocycles. The Bertz CT molecular complexity index is 1220. The minimum absolute atomic E-state index is 0.0198. The monoisotopic (exact) mass is 484 g/mol. The summed E-state index contributed by atoms with van der Waals surface area (Å²) in [6.45, 7) is 3.84. The summed E-state index contributed by atoms with van der Waals surface area (Å²) < 4.78 is 27.8. The first kappa shape index (κ1) is 22.2. The van der Waals surface area contributed by atoms with Crippen molar-refractivity contribution in [2.24, 2.45) is 0 Å². The Hall–Kier alpha value is -3.25. The van der Waals surface area contributed by atoms with Crippen LogP contribution in [-0.2, 0) is 9.47 Å². The van der Waals surface area contributed by atoms with Gasteiger partial charge in [0.2, 0.25) is 0 Å². The summed E-state index contributed by atoms with van der Waals surface area (Å²) in [6, 6.07) is 3.57. The molecule has 186 valence electrons. The SMILES string of the molecule is CC1(NC(=O)O[C@@H]2CO[C@H](c3cc(Nc4nc(C5CCNCC5)cn5nccc45)n[nH]3)[C@H]2F)CC1. The van der Waals surface area contributed by atoms with Crippen LogP contribution in [0.2, 0.25) is 0 Å². The molecule has 3 aromatic rings. The summed E-state index contributed by atoms with van der Waals surface area (Å²) >= 11 is 0. The molecule has 3 aliphatic rings. The molecule has 35 heavy (non-hydrogen) atoms. The number of nitrogens with one attached hydrogen (secondary N) is 4. The number of anilines is 2. The van der Waals surface area contributed by atoms with E-state index in [1.54, 1.807) is 12.3 Å². The second kappa shape index (κ2) is 8.76. The normalized spacial score (nSPS) is 26.1. The third kappa shape index (κ3) is 4.55. The first-order valence-corrected chi connectivity index (χ1v) is 12.1. The van der Waals surface area contributed by atoms with Crippen LogP contribution in [0.25, 0.3) is 5.52 Å². The van der Waals surface area contributed by atoms with Crippen molar-refractivity contribution in [1.29, 1.82) is 0 Å². The number of carbonyl (C=O) groups excluding carboxylic acids is 1. The van der Waals surface area contributed by atoms with E-state index in [4.69, 9.17) is 14.5 Å². The average molecular weight is 485 g/mol. The average Bonchev–Trinajstić information content (AvgIpc) is 3.22. The molecule has 0 spiro atoms. The summed E-state index contributed by atoms with van der Waals surface area (Å²) in [4.78, 5) is 16.9. The van der Waals surface area contributed by atoms with Gasteiger partial charge in [-0.2, -0.15) is 10.2 Å². The van der Waals surface area contributed by atoms with Gasteiger partial charge in [0.15, 0.2) is 23.9 Å². The number of hydrogen-bond donors (Lipinski definition) is 4. The number of H-pyrrole nitrogens is 1. The van der Waals surface area contributed by atoms with Gasteiger partial charge in [0.1, 0.15) is 11.6 Å². The molecule has 11 nitrogen and oxygen atoms in total. The number of aromatic amines is 1. The highest BCUT2D eigenvalue weighted by molar-refractivity contribution is 5.72. The molecular formula is C23H29FN8O3. The largest absolute Gasteiger partial charge is 0.441 e. The van der Waals surface area contributed by atoms with Crippen molar-refractivity contribution in [1.82, 2.24) is 35.4 Å². The Labute approximate surface area is 201 Å². The fourth-order valence-electron chi connectivity index (χ4n) is 4.68. The maximum absolute atomic E-state index is 15.1. The number of amides is 1. The van der Waals surface area contributed by atoms with E-state index in [0.717, 1.165) is 50.0 Å². The number of rotatable bonds is 6. The van der Waals surface area contributed by atoms with E-state index >= 15 is 4.39 Å². The zero-order valence-electron chi connectivity index (χ0n) is 19.5. The van der Waals surface area contributed by atoms with Crippen LogP contribution in [0.1, 0.15) is 56.0 Å². The van der Waals surface area contributed by atoms with Crippen LogP contribution >= 0.6 is 0 Å². The summed E-state index contributed by atoms with van der Waals surface area (Å²) in [5.74, 6) is 1.47. The molecule has 12 heteroatoms. The molecular weight excluding hydrogens is 455 g/mol. The number of piperidine rings is 1. The highest BCUT2D eigenvalue weighted by atomic mass is 19.1. The summed E-state index contributed by atoms with van der Waals surface area (Å²) in [7, 11) is 0. The molecule has 5 heterocycles. The quantitative estimate of drug-likeness (QED) is 0.420. The summed E-state index contributed by atoms with van der Waals surface area (Å²) in [5, 5.41) is 20.9. The lowest BCUT2D eigenvalue weighted by Gasteiger charge is -2.22. The first-order valence-electron chi connectivity index (χ1n) is 12.1. The van der Waals surface area contributed by atoms with Gasteiger partial charge in [0, 0.05) is 17.5 Å². The van der Waals surface area contributed by atoms with E-state index in [1.165, 1.54) is 0 Å². The van der Waals surface area contributed by atoms with Gasteiger partial charge in [-0.1, -0.05) is 0 Å². The maximum atomic E-state index is 15.1. The third-order valence-electron chi connectivity index (χ3n) is 7.06. The molecule has 0 aromatic carbocycles. The van der Waals surface area contributed by atoms with Gasteiger partial charge >= 0.3 is 6.09 Å². The second-order valence-corrected chi connectivity index (χ2v) is 9.86. The van der Waals surface area contributed by atoms with Gasteiger partial charge < -0.3 is 25.4 Å². The van der Waals surface area contributed by atoms with Gasteiger partial charge in [0.05, 0.1) is 30.4 Å². The predicted octanol–water partition coefficient (Wildman–Crippen LogP) is 2.72. The van der Waals surface area contributed by atoms with E-state index in [0.29, 0.717) is 23.2 Å². The Morgan fingerprint density at radius 2 is 2.17 bits per heavy atom. The Morgan fingerprint density at radius 3 is 2.97 bits per heavy atom. The lowest BCUT2D eigenvalue weighted by Crippen LogP contribution is -2.39. The van der Waals surface area contributed by atoms with E-state index in [9.17, 15) is 4.79 Å². The van der Waals surface area contributed by atoms with Gasteiger partial charge in [-0.25, -0.2) is 18.7 Å². The number of aromatic nitrogens is 5. The lowest BCUT2D eigenvalue weighted by atomic mass is 9.95. The van der Waals surface area contributed by atoms with E-state index in [1.807, 2.05) is 23.7 Å². The maximum Gasteiger partial charge on any atom is 0.408 e. The molecule has 6 rings (SSSR count). The topological polar surface area (TPSA) is 130 Å². The number of fused-ring (bicyclic) bond motifs is 1. The van der Waals surface area contributed by atoms with E-state index in [-0.39, 0.29) is 12.1 Å². The van der Waals surface area contributed by atoms with Crippen LogP contribution in [0.4, 0.5) is 20.8 Å². The van der Waals surface area contributed by atoms with Gasteiger partial charge in [0.25, 0.3) is 0 Å². The molecule has 1 aliphatic carbocycles. The predicted molar refractivity (Wildman–Crippen MR) is 124 cm³/mol. The minimum Gasteiger partial charge on any atom is -0.441 e. The van der Waals surface area contributed by atoms with Crippen LogP contribution in [0, 0.1) is 0 Å². The van der Waals surface area contributed by atoms with E-state index in [2.05, 4.69) is 31.2 Å². The number of alkyl carbamates (subject to hydrolysis) is 1. The molecule has 2 saturated heterocycles. The molecule has 3 fully saturated rings. The van der Waals surface area contributed by atoms with Crippen molar-refractivity contribution < 1.29 is 18.7 Å². The summed E-state index contributed by atoms with van der Waals surface area (Å²) in [6.07, 6.45) is 3.53. The number of halogens is 1. The number of carbonyl (C=O) groups is 1. The zero-order chi connectivity index (χ0) is 24.0. The highest BCUT2D eigenvalue weighted by Crippen LogP contribution is 2.36. The fourth-order valence-corrected chi connectivity index (χ4v) is 4.68. The Morgan fingerprint density at radius 1 is 1.34 bits per heavy atom. The number of ether oxygens (including phenoxy) is 2. The Kier molecular flexibility index (Phi) is 5.56. The Balaban J connectivity index is 1.15. The van der Waals surface area contributed by atoms with Crippen molar-refractivity contribution >= 4 is 23.2 Å². The molecule has 0 radical (unpaired) electrons. The molecule has 4 N–H and O–H groups in total. The van der Waals surface area contributed by atoms with Crippen LogP contribution in [0.15, 0.2) is 24.5 Å². The third-order valence-corrected chi connectivity index (χ3v) is 7.06. The number of hydrogen-bond acceptors (Lipinski definition) is 8. The molecule has 3 atom stereocenters. The minimum atomic E-state index is -1.51. The standard InChI is InChI=1S/C23H29FN8O3/c1-23(5-6-23)29-22(33)35-17-12-34-20(19(17)24)14-10-18(31-30-14)28-21-16-4-9-26-32(16)11-15(27-21)13-2-7-25-8-3-13/h4,9-11,13,17,19-20,25H,2-3,5-8,12H2,1H3,(H,29,33)(H2,27,28,30,31)/t17-,19+,20-/m1/s1. The summed E-state index contributed by atoms with van der Waals surface area (Å²) in [5.41, 5.74) is 2.02. The van der Waals surface area contributed by atoms with Crippen LogP contribution in [0.5, 0.6) is 0 Å². The number of nitrogens with zero attached hydrogens (tertiary/aromatic N) is 4. The van der Waals surface area contributed by atoms with Gasteiger partial charge in [-0.15, -0.1) is 0 Å². The van der Waals surface area contributed by atoms with Crippen molar-refractivity contribution in [2.45, 2.75) is 62.4 Å². The number of alkyl halides is 1.